The summed E-state index contributed by atoms with van der Waals surface area (Å²) in [6, 6.07) is 10.1. The van der Waals surface area contributed by atoms with Crippen LogP contribution in [0.5, 0.6) is 23.0 Å². The van der Waals surface area contributed by atoms with Crippen LogP contribution in [-0.4, -0.2) is 44.1 Å². The van der Waals surface area contributed by atoms with Crippen LogP contribution in [0.3, 0.4) is 0 Å². The number of rotatable bonds is 11. The summed E-state index contributed by atoms with van der Waals surface area (Å²) in [5.74, 6) is 1.65. The van der Waals surface area contributed by atoms with Crippen LogP contribution in [0, 0.1) is 0 Å². The van der Waals surface area contributed by atoms with Crippen LogP contribution in [0.25, 0.3) is 6.08 Å². The Labute approximate surface area is 236 Å². The molecule has 1 aliphatic heterocycles. The van der Waals surface area contributed by atoms with Gasteiger partial charge in [0.25, 0.3) is 5.56 Å². The van der Waals surface area contributed by atoms with E-state index >= 15 is 0 Å². The van der Waals surface area contributed by atoms with Crippen LogP contribution in [0.1, 0.15) is 51.8 Å². The molecule has 1 atom stereocenters. The first-order valence-corrected chi connectivity index (χ1v) is 14.1. The first kappa shape index (κ1) is 28.9. The lowest BCUT2D eigenvalue weighted by Gasteiger charge is -2.26. The number of aromatic nitrogens is 1. The number of fused-ring (bicyclic) bond motifs is 1. The maximum Gasteiger partial charge on any atom is 0.338 e. The van der Waals surface area contributed by atoms with E-state index in [0.717, 1.165) is 5.56 Å². The lowest BCUT2D eigenvalue weighted by Crippen LogP contribution is -2.40. The van der Waals surface area contributed by atoms with Gasteiger partial charge in [0.1, 0.15) is 6.04 Å². The minimum absolute atomic E-state index is 0.184. The number of hydrogen-bond acceptors (Lipinski definition) is 9. The molecule has 0 radical (unpaired) electrons. The Morgan fingerprint density at radius 3 is 2.38 bits per heavy atom. The summed E-state index contributed by atoms with van der Waals surface area (Å²) in [7, 11) is 1.55. The Balaban J connectivity index is 1.96. The van der Waals surface area contributed by atoms with Gasteiger partial charge in [-0.2, -0.15) is 0 Å². The first-order valence-electron chi connectivity index (χ1n) is 13.3. The van der Waals surface area contributed by atoms with Gasteiger partial charge in [-0.3, -0.25) is 9.36 Å². The molecule has 0 fully saturated rings. The third-order valence-electron chi connectivity index (χ3n) is 6.19. The Kier molecular flexibility index (Phi) is 9.31. The number of carbonyl (C=O) groups excluding carboxylic acids is 1. The molecule has 10 heteroatoms. The first-order chi connectivity index (χ1) is 19.4. The number of methoxy groups -OCH3 is 1. The van der Waals surface area contributed by atoms with Crippen molar-refractivity contribution in [1.29, 1.82) is 0 Å². The number of benzene rings is 2. The molecule has 1 aliphatic rings. The van der Waals surface area contributed by atoms with E-state index < -0.39 is 12.0 Å². The fourth-order valence-corrected chi connectivity index (χ4v) is 5.65. The highest BCUT2D eigenvalue weighted by molar-refractivity contribution is 7.07. The number of para-hydroxylation sites is 1. The molecule has 0 amide bonds. The van der Waals surface area contributed by atoms with Gasteiger partial charge in [-0.15, -0.1) is 0 Å². The van der Waals surface area contributed by atoms with Gasteiger partial charge in [-0.05, 0) is 64.5 Å². The highest BCUT2D eigenvalue weighted by Gasteiger charge is 2.36. The second-order valence-corrected chi connectivity index (χ2v) is 9.70. The lowest BCUT2D eigenvalue weighted by molar-refractivity contribution is -0.139. The van der Waals surface area contributed by atoms with Crippen LogP contribution in [0.15, 0.2) is 57.5 Å². The summed E-state index contributed by atoms with van der Waals surface area (Å²) < 4.78 is 30.4. The summed E-state index contributed by atoms with van der Waals surface area (Å²) in [5, 5.41) is 0. The van der Waals surface area contributed by atoms with Crippen molar-refractivity contribution < 1.29 is 28.5 Å². The zero-order valence-corrected chi connectivity index (χ0v) is 24.4. The van der Waals surface area contributed by atoms with Crippen LogP contribution in [-0.2, 0) is 9.53 Å². The molecule has 0 saturated heterocycles. The normalized spacial score (nSPS) is 14.8. The second kappa shape index (κ2) is 12.9. The second-order valence-electron chi connectivity index (χ2n) is 8.69. The molecule has 0 saturated carbocycles. The van der Waals surface area contributed by atoms with Gasteiger partial charge in [0, 0.05) is 5.56 Å². The lowest BCUT2D eigenvalue weighted by atomic mass is 9.94. The molecule has 0 unspecified atom stereocenters. The van der Waals surface area contributed by atoms with E-state index in [1.165, 1.54) is 15.9 Å². The van der Waals surface area contributed by atoms with Crippen molar-refractivity contribution in [1.82, 2.24) is 4.57 Å². The molecule has 1 aromatic heterocycles. The summed E-state index contributed by atoms with van der Waals surface area (Å²) in [4.78, 5) is 32.4. The highest BCUT2D eigenvalue weighted by Crippen LogP contribution is 2.40. The van der Waals surface area contributed by atoms with E-state index in [1.807, 2.05) is 45.0 Å². The molecule has 0 aliphatic carbocycles. The van der Waals surface area contributed by atoms with Crippen LogP contribution in [0.4, 0.5) is 0 Å². The van der Waals surface area contributed by atoms with Crippen molar-refractivity contribution in [2.75, 3.05) is 33.5 Å². The molecule has 0 N–H and O–H groups in total. The minimum Gasteiger partial charge on any atom is -0.493 e. The third kappa shape index (κ3) is 5.62. The zero-order valence-electron chi connectivity index (χ0n) is 23.6. The molecule has 0 spiro atoms. The van der Waals surface area contributed by atoms with Gasteiger partial charge in [0.2, 0.25) is 0 Å². The van der Waals surface area contributed by atoms with E-state index in [1.54, 1.807) is 39.2 Å². The number of allylic oxidation sites excluding steroid dienone is 1. The Morgan fingerprint density at radius 1 is 0.975 bits per heavy atom. The Hall–Kier alpha value is -4.05. The van der Waals surface area contributed by atoms with E-state index in [4.69, 9.17) is 23.7 Å². The number of carbonyl (C=O) groups is 1. The number of ether oxygens (including phenoxy) is 5. The number of hydrogen-bond donors (Lipinski definition) is 0. The van der Waals surface area contributed by atoms with Gasteiger partial charge in [-0.1, -0.05) is 29.5 Å². The van der Waals surface area contributed by atoms with E-state index in [2.05, 4.69) is 4.99 Å². The zero-order chi connectivity index (χ0) is 28.8. The highest BCUT2D eigenvalue weighted by atomic mass is 32.1. The molecule has 3 aromatic rings. The van der Waals surface area contributed by atoms with Gasteiger partial charge < -0.3 is 23.7 Å². The topological polar surface area (TPSA) is 97.6 Å². The van der Waals surface area contributed by atoms with Crippen molar-refractivity contribution in [2.45, 2.75) is 40.7 Å². The maximum atomic E-state index is 14.0. The maximum absolute atomic E-state index is 14.0. The molecule has 40 heavy (non-hydrogen) atoms. The quantitative estimate of drug-likeness (QED) is 0.324. The van der Waals surface area contributed by atoms with Crippen molar-refractivity contribution in [3.05, 3.63) is 78.5 Å². The Morgan fingerprint density at radius 2 is 1.70 bits per heavy atom. The van der Waals surface area contributed by atoms with Gasteiger partial charge in [-0.25, -0.2) is 9.79 Å². The van der Waals surface area contributed by atoms with Gasteiger partial charge >= 0.3 is 5.97 Å². The predicted molar refractivity (Wildman–Crippen MR) is 153 cm³/mol. The van der Waals surface area contributed by atoms with E-state index in [-0.39, 0.29) is 17.7 Å². The monoisotopic (exact) mass is 566 g/mol. The van der Waals surface area contributed by atoms with Crippen molar-refractivity contribution >= 4 is 23.4 Å². The average molecular weight is 567 g/mol. The fraction of sp³-hybridized carbons (Fsp3) is 0.367. The summed E-state index contributed by atoms with van der Waals surface area (Å²) in [6.07, 6.45) is 1.79. The van der Waals surface area contributed by atoms with Gasteiger partial charge in [0.15, 0.2) is 27.8 Å². The smallest absolute Gasteiger partial charge is 0.338 e. The molecule has 2 aromatic carbocycles. The molecule has 212 valence electrons. The summed E-state index contributed by atoms with van der Waals surface area (Å²) >= 11 is 1.25. The fourth-order valence-electron chi connectivity index (χ4n) is 4.60. The standard InChI is InChI=1S/C30H34N2O7S/c1-7-36-21-15-14-19(16-23(21)37-8-2)17-24-28(33)32-26(20-12-11-13-22(35-6)27(20)38-9-3)25(29(34)39-10-4)18(5)31-30(32)40-24/h11-17,26H,7-10H2,1-6H3/b24-17+/t26-/m0/s1. The van der Waals surface area contributed by atoms with Crippen LogP contribution in [0.2, 0.25) is 0 Å². The summed E-state index contributed by atoms with van der Waals surface area (Å²) in [6.45, 7) is 10.7. The molecule has 2 heterocycles. The van der Waals surface area contributed by atoms with Crippen LogP contribution >= 0.6 is 11.3 Å². The molecule has 0 bridgehead atoms. The molecule has 4 rings (SSSR count). The third-order valence-corrected chi connectivity index (χ3v) is 7.18. The average Bonchev–Trinajstić information content (AvgIpc) is 3.24. The molecular formula is C30H34N2O7S. The predicted octanol–water partition coefficient (Wildman–Crippen LogP) is 4.00. The van der Waals surface area contributed by atoms with E-state index in [9.17, 15) is 9.59 Å². The number of esters is 1. The Bertz CT molecular complexity index is 1600. The van der Waals surface area contributed by atoms with Gasteiger partial charge in [0.05, 0.1) is 49.3 Å². The minimum atomic E-state index is -0.826. The van der Waals surface area contributed by atoms with Crippen molar-refractivity contribution in [3.8, 4) is 23.0 Å². The van der Waals surface area contributed by atoms with Crippen LogP contribution < -0.4 is 33.8 Å². The number of nitrogens with zero attached hydrogens (tertiary/aromatic N) is 2. The van der Waals surface area contributed by atoms with Crippen molar-refractivity contribution in [3.63, 3.8) is 0 Å². The summed E-state index contributed by atoms with van der Waals surface area (Å²) in [5.41, 5.74) is 1.83. The molecular weight excluding hydrogens is 532 g/mol. The van der Waals surface area contributed by atoms with E-state index in [0.29, 0.717) is 63.4 Å². The molecule has 9 nitrogen and oxygen atoms in total. The number of thiazole rings is 1. The SMILES string of the molecule is CCOC(=O)C1=C(C)N=c2s/c(=C/c3ccc(OCC)c(OCC)c3)c(=O)n2[C@H]1c1cccc(OC)c1OCC. The largest absolute Gasteiger partial charge is 0.493 e. The van der Waals surface area contributed by atoms with Crippen molar-refractivity contribution in [2.24, 2.45) is 4.99 Å².